The van der Waals surface area contributed by atoms with Crippen LogP contribution in [0.3, 0.4) is 0 Å². The number of rotatable bonds is 21. The number of aliphatic hydroxyl groups is 1. The summed E-state index contributed by atoms with van der Waals surface area (Å²) in [6.07, 6.45) is -0.538. The number of nitrogens with one attached hydrogen (secondary N) is 1. The Balaban J connectivity index is 1.54. The predicted octanol–water partition coefficient (Wildman–Crippen LogP) is 7.09. The van der Waals surface area contributed by atoms with Gasteiger partial charge in [0, 0.05) is 18.0 Å². The summed E-state index contributed by atoms with van der Waals surface area (Å²) >= 11 is 0. The van der Waals surface area contributed by atoms with Crippen LogP contribution in [0.2, 0.25) is 0 Å². The van der Waals surface area contributed by atoms with E-state index < -0.39 is 110 Å². The van der Waals surface area contributed by atoms with Crippen molar-refractivity contribution in [2.24, 2.45) is 11.3 Å². The van der Waals surface area contributed by atoms with Gasteiger partial charge in [-0.05, 0) is 80.8 Å². The van der Waals surface area contributed by atoms with Crippen LogP contribution in [-0.4, -0.2) is 94.1 Å². The molecule has 0 spiro atoms. The van der Waals surface area contributed by atoms with Crippen LogP contribution in [0.1, 0.15) is 103 Å². The lowest BCUT2D eigenvalue weighted by molar-refractivity contribution is -0.157. The first-order valence-electron chi connectivity index (χ1n) is 21.8. The fourth-order valence-corrected chi connectivity index (χ4v) is 11.0. The molecule has 0 radical (unpaired) electrons. The van der Waals surface area contributed by atoms with Crippen LogP contribution in [0.15, 0.2) is 72.8 Å². The third-order valence-electron chi connectivity index (χ3n) is 12.1. The number of aryl methyl sites for hydroxylation is 1. The van der Waals surface area contributed by atoms with Gasteiger partial charge in [0.1, 0.15) is 23.3 Å². The van der Waals surface area contributed by atoms with E-state index in [0.717, 1.165) is 35.2 Å². The number of fused-ring (bicyclic) bond motifs is 1. The minimum absolute atomic E-state index is 0.0226. The lowest BCUT2D eigenvalue weighted by Crippen LogP contribution is -2.60. The monoisotopic (exact) mass is 895 g/mol. The highest BCUT2D eigenvalue weighted by atomic mass is 32.2. The Bertz CT molecular complexity index is 2210. The Morgan fingerprint density at radius 2 is 1.49 bits per heavy atom. The zero-order chi connectivity index (χ0) is 46.5. The van der Waals surface area contributed by atoms with E-state index in [1.165, 1.54) is 4.90 Å². The summed E-state index contributed by atoms with van der Waals surface area (Å²) in [5, 5.41) is 13.9. The maximum absolute atomic E-state index is 14.9. The Morgan fingerprint density at radius 1 is 0.889 bits per heavy atom. The highest BCUT2D eigenvalue weighted by molar-refractivity contribution is 7.92. The van der Waals surface area contributed by atoms with Crippen LogP contribution in [-0.2, 0) is 59.7 Å². The average molecular weight is 896 g/mol. The molecule has 3 aromatic carbocycles. The number of ether oxygens (including phenoxy) is 2. The Hall–Kier alpha value is -4.73. The van der Waals surface area contributed by atoms with Gasteiger partial charge in [0.05, 0.1) is 42.2 Å². The maximum atomic E-state index is 14.9. The van der Waals surface area contributed by atoms with Crippen LogP contribution < -0.4 is 5.32 Å². The van der Waals surface area contributed by atoms with Crippen molar-refractivity contribution in [3.8, 4) is 0 Å². The van der Waals surface area contributed by atoms with Gasteiger partial charge in [-0.2, -0.15) is 0 Å². The number of hydrogen-bond donors (Lipinski definition) is 2. The molecule has 63 heavy (non-hydrogen) atoms. The van der Waals surface area contributed by atoms with Crippen molar-refractivity contribution in [3.63, 3.8) is 0 Å². The summed E-state index contributed by atoms with van der Waals surface area (Å²) < 4.78 is 69.8. The molecule has 2 fully saturated rings. The van der Waals surface area contributed by atoms with Gasteiger partial charge < -0.3 is 24.8 Å². The van der Waals surface area contributed by atoms with Crippen molar-refractivity contribution in [2.45, 2.75) is 142 Å². The first-order valence-corrected chi connectivity index (χ1v) is 23.6. The Labute approximate surface area is 370 Å². The standard InChI is InChI=1S/C48H63F2N3O9S/c1-9-16-37(17-10-2)63(59,60)30-39(53-43(56)41-47(7,8)48(41,44(53)57)61-29-32-18-13-12-14-19-32)42(55)51-38(25-34-23-35(49)26-36(50)24-34)40(54)28-52(45(58)62-46(4,5)6)27-33-21-15-20-31(11-3)22-33/h12-15,18-24,26,37-41,54H,9-11,16-17,25,27-30H2,1-8H3,(H,51,55)/t38-,39?,40+,41?,48?/m0/s1. The normalized spacial score (nSPS) is 19.7. The summed E-state index contributed by atoms with van der Waals surface area (Å²) in [5.74, 6) is -6.51. The van der Waals surface area contributed by atoms with Crippen molar-refractivity contribution < 1.29 is 51.0 Å². The average Bonchev–Trinajstić information content (AvgIpc) is 3.61. The molecule has 3 aromatic rings. The highest BCUT2D eigenvalue weighted by Crippen LogP contribution is 2.69. The molecule has 1 aliphatic carbocycles. The molecule has 0 bridgehead atoms. The van der Waals surface area contributed by atoms with Gasteiger partial charge in [0.2, 0.25) is 11.8 Å². The highest BCUT2D eigenvalue weighted by Gasteiger charge is 2.86. The third-order valence-corrected chi connectivity index (χ3v) is 14.3. The summed E-state index contributed by atoms with van der Waals surface area (Å²) in [6.45, 7) is 13.6. The van der Waals surface area contributed by atoms with E-state index in [2.05, 4.69) is 5.32 Å². The first-order chi connectivity index (χ1) is 29.6. The SMILES string of the molecule is CCCC(CCC)S(=O)(=O)CC(C(=O)N[C@@H](Cc1cc(F)cc(F)c1)[C@H](O)CN(Cc1cccc(CC)c1)C(=O)OC(C)(C)C)N1C(=O)C2C(C)(C)C2(OCc2ccccc2)C1=O. The van der Waals surface area contributed by atoms with Crippen molar-refractivity contribution in [1.82, 2.24) is 15.1 Å². The first kappa shape index (κ1) is 49.3. The van der Waals surface area contributed by atoms with E-state index in [1.807, 2.05) is 45.0 Å². The second-order valence-corrected chi connectivity index (χ2v) is 20.7. The van der Waals surface area contributed by atoms with Gasteiger partial charge in [0.25, 0.3) is 5.91 Å². The second kappa shape index (κ2) is 20.0. The third kappa shape index (κ3) is 11.3. The summed E-state index contributed by atoms with van der Waals surface area (Å²) in [5.41, 5.74) is -1.13. The van der Waals surface area contributed by atoms with Crippen LogP contribution in [0.25, 0.3) is 0 Å². The van der Waals surface area contributed by atoms with Gasteiger partial charge in [-0.15, -0.1) is 0 Å². The molecule has 12 nitrogen and oxygen atoms in total. The zero-order valence-corrected chi connectivity index (χ0v) is 38.5. The number of nitrogens with zero attached hydrogens (tertiary/aromatic N) is 2. The molecule has 5 atom stereocenters. The quantitative estimate of drug-likeness (QED) is 0.107. The summed E-state index contributed by atoms with van der Waals surface area (Å²) in [4.78, 5) is 59.7. The minimum Gasteiger partial charge on any atom is -0.444 e. The van der Waals surface area contributed by atoms with E-state index in [1.54, 1.807) is 65.0 Å². The number of hydrogen-bond acceptors (Lipinski definition) is 9. The van der Waals surface area contributed by atoms with Crippen LogP contribution >= 0.6 is 0 Å². The van der Waals surface area contributed by atoms with Gasteiger partial charge in [0.15, 0.2) is 15.4 Å². The Kier molecular flexibility index (Phi) is 15.6. The smallest absolute Gasteiger partial charge is 0.410 e. The molecule has 15 heteroatoms. The maximum Gasteiger partial charge on any atom is 0.410 e. The molecule has 1 heterocycles. The van der Waals surface area contributed by atoms with Crippen LogP contribution in [0.5, 0.6) is 0 Å². The number of carbonyl (C=O) groups excluding carboxylic acids is 4. The van der Waals surface area contributed by atoms with Gasteiger partial charge in [-0.25, -0.2) is 22.0 Å². The lowest BCUT2D eigenvalue weighted by Gasteiger charge is -2.35. The largest absolute Gasteiger partial charge is 0.444 e. The number of amides is 4. The molecular weight excluding hydrogens is 833 g/mol. The second-order valence-electron chi connectivity index (χ2n) is 18.4. The van der Waals surface area contributed by atoms with E-state index in [0.29, 0.717) is 23.8 Å². The molecular formula is C48H63F2N3O9S. The van der Waals surface area contributed by atoms with E-state index >= 15 is 0 Å². The molecule has 5 rings (SSSR count). The molecule has 2 aliphatic rings. The van der Waals surface area contributed by atoms with Gasteiger partial charge in [-0.1, -0.05) is 102 Å². The predicted molar refractivity (Wildman–Crippen MR) is 235 cm³/mol. The minimum atomic E-state index is -4.17. The number of carbonyl (C=O) groups is 4. The topological polar surface area (TPSA) is 160 Å². The van der Waals surface area contributed by atoms with Crippen LogP contribution in [0.4, 0.5) is 13.6 Å². The molecule has 3 unspecified atom stereocenters. The van der Waals surface area contributed by atoms with Crippen molar-refractivity contribution >= 4 is 33.7 Å². The lowest BCUT2D eigenvalue weighted by atomic mass is 9.99. The van der Waals surface area contributed by atoms with E-state index in [4.69, 9.17) is 9.47 Å². The van der Waals surface area contributed by atoms with Crippen molar-refractivity contribution in [2.75, 3.05) is 12.3 Å². The molecule has 0 aromatic heterocycles. The number of halogens is 2. The molecule has 1 aliphatic heterocycles. The molecule has 1 saturated carbocycles. The molecule has 344 valence electrons. The van der Waals surface area contributed by atoms with Crippen molar-refractivity contribution in [3.05, 3.63) is 107 Å². The molecule has 1 saturated heterocycles. The number of likely N-dealkylation sites (tertiary alicyclic amines) is 1. The van der Waals surface area contributed by atoms with E-state index in [9.17, 15) is 41.5 Å². The number of sulfone groups is 1. The fourth-order valence-electron chi connectivity index (χ4n) is 8.79. The fraction of sp³-hybridized carbons (Fsp3) is 0.542. The summed E-state index contributed by atoms with van der Waals surface area (Å²) in [7, 11) is -4.17. The summed E-state index contributed by atoms with van der Waals surface area (Å²) in [6, 6.07) is 15.8. The van der Waals surface area contributed by atoms with Gasteiger partial charge in [-0.3, -0.25) is 19.3 Å². The van der Waals surface area contributed by atoms with Crippen LogP contribution in [0, 0.1) is 23.0 Å². The van der Waals surface area contributed by atoms with Gasteiger partial charge >= 0.3 is 6.09 Å². The van der Waals surface area contributed by atoms with Crippen molar-refractivity contribution in [1.29, 1.82) is 0 Å². The molecule has 4 amide bonds. The number of imide groups is 1. The number of aliphatic hydroxyl groups excluding tert-OH is 1. The Morgan fingerprint density at radius 3 is 2.08 bits per heavy atom. The number of piperidine rings is 1. The molecule has 2 N–H and O–H groups in total. The number of benzene rings is 3. The van der Waals surface area contributed by atoms with E-state index in [-0.39, 0.29) is 31.6 Å². The zero-order valence-electron chi connectivity index (χ0n) is 37.7.